The van der Waals surface area contributed by atoms with Crippen molar-refractivity contribution >= 4 is 22.5 Å². The van der Waals surface area contributed by atoms with E-state index in [9.17, 15) is 9.90 Å². The van der Waals surface area contributed by atoms with Gasteiger partial charge in [-0.1, -0.05) is 19.3 Å². The molecular weight excluding hydrogens is 322 g/mol. The van der Waals surface area contributed by atoms with Gasteiger partial charge in [0.25, 0.3) is 5.91 Å². The van der Waals surface area contributed by atoms with Crippen LogP contribution in [0.1, 0.15) is 38.5 Å². The van der Waals surface area contributed by atoms with E-state index >= 15 is 0 Å². The minimum atomic E-state index is -0.206. The van der Waals surface area contributed by atoms with Crippen molar-refractivity contribution in [2.24, 2.45) is 16.1 Å². The Bertz CT molecular complexity index is 821. The van der Waals surface area contributed by atoms with E-state index in [0.29, 0.717) is 35.6 Å². The lowest BCUT2D eigenvalue weighted by Crippen LogP contribution is -2.15. The van der Waals surface area contributed by atoms with Crippen LogP contribution in [0.15, 0.2) is 22.4 Å². The Hall–Kier alpha value is -2.57. The van der Waals surface area contributed by atoms with Crippen molar-refractivity contribution in [1.29, 1.82) is 0 Å². The first-order valence-corrected chi connectivity index (χ1v) is 8.82. The van der Waals surface area contributed by atoms with E-state index in [2.05, 4.69) is 15.2 Å². The summed E-state index contributed by atoms with van der Waals surface area (Å²) in [7, 11) is 0. The number of fused-ring (bicyclic) bond motifs is 2. The van der Waals surface area contributed by atoms with Gasteiger partial charge in [0.2, 0.25) is 5.88 Å². The van der Waals surface area contributed by atoms with Crippen LogP contribution in [0.2, 0.25) is 0 Å². The second-order valence-corrected chi connectivity index (χ2v) is 6.59. The number of ether oxygens (including phenoxy) is 2. The van der Waals surface area contributed by atoms with Crippen LogP contribution in [-0.2, 0) is 4.79 Å². The highest BCUT2D eigenvalue weighted by Crippen LogP contribution is 2.42. The van der Waals surface area contributed by atoms with Crippen molar-refractivity contribution < 1.29 is 19.4 Å². The number of carbonyl (C=O) groups excluding carboxylic acids is 1. The molecule has 132 valence electrons. The predicted molar refractivity (Wildman–Crippen MR) is 91.7 cm³/mol. The Labute approximate surface area is 145 Å². The standard InChI is InChI=1S/C18H21N3O4/c22-17(11-5-2-1-3-6-11)21-20-16-12-9-14-15(25-8-4-7-24-14)10-13(12)19-18(16)23/h9-11,19,23H,1-8H2. The van der Waals surface area contributed by atoms with Gasteiger partial charge in [-0.25, -0.2) is 0 Å². The highest BCUT2D eigenvalue weighted by atomic mass is 16.5. The molecule has 0 atom stereocenters. The largest absolute Gasteiger partial charge is 0.493 e. The summed E-state index contributed by atoms with van der Waals surface area (Å²) in [5.74, 6) is 0.878. The lowest BCUT2D eigenvalue weighted by Gasteiger charge is -2.17. The lowest BCUT2D eigenvalue weighted by atomic mass is 9.89. The number of amides is 1. The molecule has 0 bridgehead atoms. The van der Waals surface area contributed by atoms with Gasteiger partial charge >= 0.3 is 0 Å². The average Bonchev–Trinajstić information content (AvgIpc) is 2.79. The van der Waals surface area contributed by atoms with Gasteiger partial charge in [-0.2, -0.15) is 0 Å². The normalized spacial score (nSPS) is 18.6. The second kappa shape index (κ2) is 6.74. The molecule has 25 heavy (non-hydrogen) atoms. The van der Waals surface area contributed by atoms with Crippen LogP contribution in [0.4, 0.5) is 5.69 Å². The molecule has 1 amide bonds. The SMILES string of the molecule is O=C(N=Nc1c(O)[nH]c2cc3c(cc12)OCCCO3)C1CCCCC1. The summed E-state index contributed by atoms with van der Waals surface area (Å²) in [6.07, 6.45) is 5.86. The summed E-state index contributed by atoms with van der Waals surface area (Å²) < 4.78 is 11.3. The number of nitrogens with zero attached hydrogens (tertiary/aromatic N) is 2. The molecule has 1 aliphatic carbocycles. The molecule has 1 aromatic heterocycles. The summed E-state index contributed by atoms with van der Waals surface area (Å²) in [5.41, 5.74) is 0.927. The summed E-state index contributed by atoms with van der Waals surface area (Å²) in [5, 5.41) is 18.7. The van der Waals surface area contributed by atoms with Gasteiger partial charge in [-0.3, -0.25) is 4.79 Å². The third kappa shape index (κ3) is 3.18. The number of hydrogen-bond acceptors (Lipinski definition) is 5. The molecule has 0 radical (unpaired) electrons. The quantitative estimate of drug-likeness (QED) is 0.798. The molecule has 7 heteroatoms. The number of azo groups is 1. The van der Waals surface area contributed by atoms with Crippen LogP contribution >= 0.6 is 0 Å². The molecule has 0 unspecified atom stereocenters. The highest BCUT2D eigenvalue weighted by Gasteiger charge is 2.22. The van der Waals surface area contributed by atoms with Crippen LogP contribution in [0.5, 0.6) is 17.4 Å². The van der Waals surface area contributed by atoms with Crippen molar-refractivity contribution in [1.82, 2.24) is 4.98 Å². The van der Waals surface area contributed by atoms with Gasteiger partial charge in [0, 0.05) is 23.8 Å². The number of benzene rings is 1. The first kappa shape index (κ1) is 15.9. The monoisotopic (exact) mass is 343 g/mol. The predicted octanol–water partition coefficient (Wildman–Crippen LogP) is 4.23. The molecule has 4 rings (SSSR count). The van der Waals surface area contributed by atoms with Crippen LogP contribution in [0.25, 0.3) is 10.9 Å². The Balaban J connectivity index is 1.64. The van der Waals surface area contributed by atoms with Crippen LogP contribution in [-0.4, -0.2) is 29.2 Å². The lowest BCUT2D eigenvalue weighted by molar-refractivity contribution is -0.122. The molecule has 2 N–H and O–H groups in total. The number of carbonyl (C=O) groups is 1. The number of rotatable bonds is 2. The zero-order valence-electron chi connectivity index (χ0n) is 14.0. The summed E-state index contributed by atoms with van der Waals surface area (Å²) in [4.78, 5) is 15.1. The maximum Gasteiger partial charge on any atom is 0.267 e. The molecule has 1 aliphatic heterocycles. The van der Waals surface area contributed by atoms with Crippen LogP contribution < -0.4 is 9.47 Å². The minimum Gasteiger partial charge on any atom is -0.493 e. The minimum absolute atomic E-state index is 0.0437. The Morgan fingerprint density at radius 3 is 2.56 bits per heavy atom. The Morgan fingerprint density at radius 2 is 1.80 bits per heavy atom. The molecule has 2 aliphatic rings. The van der Waals surface area contributed by atoms with Crippen LogP contribution in [0, 0.1) is 5.92 Å². The van der Waals surface area contributed by atoms with Crippen molar-refractivity contribution in [2.75, 3.05) is 13.2 Å². The summed E-state index contributed by atoms with van der Waals surface area (Å²) in [6.45, 7) is 1.17. The van der Waals surface area contributed by atoms with E-state index < -0.39 is 0 Å². The van der Waals surface area contributed by atoms with E-state index in [1.54, 1.807) is 12.1 Å². The van der Waals surface area contributed by atoms with Gasteiger partial charge in [-0.05, 0) is 18.9 Å². The number of aromatic hydroxyl groups is 1. The second-order valence-electron chi connectivity index (χ2n) is 6.59. The summed E-state index contributed by atoms with van der Waals surface area (Å²) >= 11 is 0. The first-order chi connectivity index (χ1) is 12.2. The smallest absolute Gasteiger partial charge is 0.267 e. The molecule has 1 fully saturated rings. The van der Waals surface area contributed by atoms with Crippen molar-refractivity contribution in [2.45, 2.75) is 38.5 Å². The van der Waals surface area contributed by atoms with E-state index in [0.717, 1.165) is 32.1 Å². The molecule has 0 saturated heterocycles. The fourth-order valence-electron chi connectivity index (χ4n) is 3.45. The van der Waals surface area contributed by atoms with Gasteiger partial charge in [0.1, 0.15) is 0 Å². The molecule has 7 nitrogen and oxygen atoms in total. The topological polar surface area (TPSA) is 96.3 Å². The highest BCUT2D eigenvalue weighted by molar-refractivity contribution is 5.96. The van der Waals surface area contributed by atoms with Gasteiger partial charge in [0.05, 0.1) is 18.7 Å². The fraction of sp³-hybridized carbons (Fsp3) is 0.500. The van der Waals surface area contributed by atoms with E-state index in [4.69, 9.17) is 9.47 Å². The van der Waals surface area contributed by atoms with Crippen molar-refractivity contribution in [3.63, 3.8) is 0 Å². The van der Waals surface area contributed by atoms with E-state index in [1.807, 2.05) is 0 Å². The molecule has 1 aromatic carbocycles. The maximum absolute atomic E-state index is 12.2. The zero-order chi connectivity index (χ0) is 17.2. The average molecular weight is 343 g/mol. The molecular formula is C18H21N3O4. The Kier molecular flexibility index (Phi) is 4.29. The van der Waals surface area contributed by atoms with Crippen molar-refractivity contribution in [3.05, 3.63) is 12.1 Å². The molecule has 0 spiro atoms. The van der Waals surface area contributed by atoms with E-state index in [-0.39, 0.29) is 23.4 Å². The number of nitrogens with one attached hydrogen (secondary N) is 1. The first-order valence-electron chi connectivity index (χ1n) is 8.82. The van der Waals surface area contributed by atoms with Crippen molar-refractivity contribution in [3.8, 4) is 17.4 Å². The molecule has 2 aromatic rings. The van der Waals surface area contributed by atoms with Gasteiger partial charge < -0.3 is 19.6 Å². The fourth-order valence-corrected chi connectivity index (χ4v) is 3.45. The Morgan fingerprint density at radius 1 is 1.08 bits per heavy atom. The number of hydrogen-bond donors (Lipinski definition) is 2. The number of aromatic amines is 1. The third-order valence-electron chi connectivity index (χ3n) is 4.82. The maximum atomic E-state index is 12.2. The van der Waals surface area contributed by atoms with Gasteiger partial charge in [-0.15, -0.1) is 10.2 Å². The third-order valence-corrected chi connectivity index (χ3v) is 4.82. The number of H-pyrrole nitrogens is 1. The zero-order valence-corrected chi connectivity index (χ0v) is 14.0. The van der Waals surface area contributed by atoms with Gasteiger partial charge in [0.15, 0.2) is 17.2 Å². The number of aromatic nitrogens is 1. The summed E-state index contributed by atoms with van der Waals surface area (Å²) in [6, 6.07) is 3.54. The van der Waals surface area contributed by atoms with E-state index in [1.165, 1.54) is 6.42 Å². The molecule has 1 saturated carbocycles. The van der Waals surface area contributed by atoms with Crippen LogP contribution in [0.3, 0.4) is 0 Å². The molecule has 2 heterocycles.